The van der Waals surface area contributed by atoms with Gasteiger partial charge in [0.1, 0.15) is 0 Å². The number of hydrogen-bond acceptors (Lipinski definition) is 4. The van der Waals surface area contributed by atoms with E-state index in [1.165, 1.54) is 60.5 Å². The summed E-state index contributed by atoms with van der Waals surface area (Å²) in [7, 11) is 0. The number of aromatic nitrogens is 3. The van der Waals surface area contributed by atoms with Crippen molar-refractivity contribution in [1.82, 2.24) is 15.0 Å². The molecule has 1 aliphatic rings. The van der Waals surface area contributed by atoms with E-state index in [0.717, 1.165) is 33.4 Å². The topological polar surface area (TPSA) is 62.5 Å². The van der Waals surface area contributed by atoms with Gasteiger partial charge in [-0.2, -0.15) is 5.26 Å². The van der Waals surface area contributed by atoms with Crippen molar-refractivity contribution in [1.29, 1.82) is 5.26 Å². The van der Waals surface area contributed by atoms with Crippen LogP contribution in [-0.4, -0.2) is 15.0 Å². The predicted octanol–water partition coefficient (Wildman–Crippen LogP) is 14.4. The fourth-order valence-corrected chi connectivity index (χ4v) is 9.21. The molecule has 61 heavy (non-hydrogen) atoms. The van der Waals surface area contributed by atoms with Gasteiger partial charge in [-0.3, -0.25) is 0 Å². The van der Waals surface area contributed by atoms with Crippen molar-refractivity contribution >= 4 is 21.5 Å². The van der Waals surface area contributed by atoms with Gasteiger partial charge in [0.2, 0.25) is 0 Å². The maximum atomic E-state index is 9.72. The Kier molecular flexibility index (Phi) is 8.51. The van der Waals surface area contributed by atoms with Crippen molar-refractivity contribution in [3.8, 4) is 84.7 Å². The minimum Gasteiger partial charge on any atom is -0.208 e. The van der Waals surface area contributed by atoms with Crippen LogP contribution < -0.4 is 0 Å². The first-order valence-electron chi connectivity index (χ1n) is 20.7. The van der Waals surface area contributed by atoms with Crippen LogP contribution in [0.3, 0.4) is 0 Å². The van der Waals surface area contributed by atoms with E-state index in [-0.39, 0.29) is 5.41 Å². The molecule has 4 heteroatoms. The van der Waals surface area contributed by atoms with E-state index < -0.39 is 0 Å². The first-order valence-corrected chi connectivity index (χ1v) is 20.7. The third kappa shape index (κ3) is 6.18. The predicted molar refractivity (Wildman–Crippen MR) is 250 cm³/mol. The first-order chi connectivity index (χ1) is 29.9. The van der Waals surface area contributed by atoms with Crippen LogP contribution >= 0.6 is 0 Å². The van der Waals surface area contributed by atoms with E-state index in [1.807, 2.05) is 66.7 Å². The second-order valence-electron chi connectivity index (χ2n) is 16.3. The van der Waals surface area contributed by atoms with Gasteiger partial charge >= 0.3 is 0 Å². The fourth-order valence-electron chi connectivity index (χ4n) is 9.21. The van der Waals surface area contributed by atoms with Gasteiger partial charge in [-0.15, -0.1) is 0 Å². The average molecular weight is 779 g/mol. The van der Waals surface area contributed by atoms with Crippen molar-refractivity contribution < 1.29 is 0 Å². The SMILES string of the molecule is CC1(C)c2cc(C#N)ccc2-c2ccc(-c3c(-c4ccc5cccc(-c6ccc(-c7nc(-c8ccccc8)nc(-c8ccccc8)n7)cc6)c5c4)ccc4ccccc34)cc21. The van der Waals surface area contributed by atoms with Gasteiger partial charge in [-0.05, 0) is 101 Å². The standard InChI is InChI=1S/C57H38N4/c1-57(2)51-32-36(35-58)20-29-48(51)49-31-28-44(34-52(49)57)53-46-18-10-9-12-37(46)27-30-47(53)43-26-23-38-17-11-19-45(50(38)33-43)39-21-24-42(25-22-39)56-60-54(40-13-5-3-6-14-40)59-55(61-56)41-15-7-4-8-16-41/h3-34H,1-2H3. The van der Waals surface area contributed by atoms with E-state index in [4.69, 9.17) is 15.0 Å². The number of benzene rings is 9. The molecule has 0 unspecified atom stereocenters. The molecule has 0 bridgehead atoms. The highest BCUT2D eigenvalue weighted by Gasteiger charge is 2.36. The summed E-state index contributed by atoms with van der Waals surface area (Å²) in [5, 5.41) is 14.5. The summed E-state index contributed by atoms with van der Waals surface area (Å²) in [5.74, 6) is 1.92. The summed E-state index contributed by atoms with van der Waals surface area (Å²) in [6.45, 7) is 4.55. The van der Waals surface area contributed by atoms with Crippen molar-refractivity contribution in [2.24, 2.45) is 0 Å². The van der Waals surface area contributed by atoms with Gasteiger partial charge in [0.05, 0.1) is 11.6 Å². The highest BCUT2D eigenvalue weighted by Crippen LogP contribution is 2.51. The van der Waals surface area contributed by atoms with E-state index in [1.54, 1.807) is 0 Å². The highest BCUT2D eigenvalue weighted by atomic mass is 15.0. The number of nitrogens with zero attached hydrogens (tertiary/aromatic N) is 4. The molecule has 0 atom stereocenters. The Labute approximate surface area is 355 Å². The molecule has 0 N–H and O–H groups in total. The van der Waals surface area contributed by atoms with E-state index in [9.17, 15) is 5.26 Å². The molecule has 10 aromatic rings. The van der Waals surface area contributed by atoms with Crippen LogP contribution in [-0.2, 0) is 5.41 Å². The summed E-state index contributed by atoms with van der Waals surface area (Å²) < 4.78 is 0. The molecule has 0 spiro atoms. The average Bonchev–Trinajstić information content (AvgIpc) is 3.55. The Morgan fingerprint density at radius 2 is 0.885 bits per heavy atom. The summed E-state index contributed by atoms with van der Waals surface area (Å²) >= 11 is 0. The van der Waals surface area contributed by atoms with Crippen LogP contribution in [0.15, 0.2) is 194 Å². The zero-order chi connectivity index (χ0) is 41.1. The molecular formula is C57H38N4. The van der Waals surface area contributed by atoms with Crippen molar-refractivity contribution in [2.75, 3.05) is 0 Å². The lowest BCUT2D eigenvalue weighted by Gasteiger charge is -2.23. The molecule has 0 amide bonds. The minimum absolute atomic E-state index is 0.246. The van der Waals surface area contributed by atoms with Crippen LogP contribution in [0.4, 0.5) is 0 Å². The van der Waals surface area contributed by atoms with Gasteiger partial charge in [0.15, 0.2) is 17.5 Å². The molecule has 9 aromatic carbocycles. The Morgan fingerprint density at radius 3 is 1.57 bits per heavy atom. The lowest BCUT2D eigenvalue weighted by Crippen LogP contribution is -2.15. The van der Waals surface area contributed by atoms with Crippen LogP contribution in [0, 0.1) is 11.3 Å². The smallest absolute Gasteiger partial charge is 0.164 e. The highest BCUT2D eigenvalue weighted by molar-refractivity contribution is 6.07. The number of rotatable bonds is 6. The van der Waals surface area contributed by atoms with Crippen molar-refractivity contribution in [3.05, 3.63) is 211 Å². The van der Waals surface area contributed by atoms with Gasteiger partial charge in [0, 0.05) is 22.1 Å². The first kappa shape index (κ1) is 36.1. The van der Waals surface area contributed by atoms with E-state index in [0.29, 0.717) is 23.0 Å². The van der Waals surface area contributed by atoms with Crippen molar-refractivity contribution in [3.63, 3.8) is 0 Å². The monoisotopic (exact) mass is 778 g/mol. The molecule has 1 heterocycles. The Balaban J connectivity index is 1.01. The maximum absolute atomic E-state index is 9.72. The minimum atomic E-state index is -0.246. The van der Waals surface area contributed by atoms with Gasteiger partial charge in [-0.1, -0.05) is 184 Å². The molecule has 4 nitrogen and oxygen atoms in total. The van der Waals surface area contributed by atoms with Gasteiger partial charge < -0.3 is 0 Å². The number of fused-ring (bicyclic) bond motifs is 5. The summed E-state index contributed by atoms with van der Waals surface area (Å²) in [6, 6.07) is 70.8. The quantitative estimate of drug-likeness (QED) is 0.169. The van der Waals surface area contributed by atoms with Crippen LogP contribution in [0.25, 0.3) is 100 Å². The molecule has 0 aliphatic heterocycles. The van der Waals surface area contributed by atoms with Crippen LogP contribution in [0.5, 0.6) is 0 Å². The Morgan fingerprint density at radius 1 is 0.377 bits per heavy atom. The summed E-state index contributed by atoms with van der Waals surface area (Å²) in [5.41, 5.74) is 15.2. The number of hydrogen-bond donors (Lipinski definition) is 0. The van der Waals surface area contributed by atoms with Gasteiger partial charge in [0.25, 0.3) is 0 Å². The Bertz CT molecular complexity index is 3320. The largest absolute Gasteiger partial charge is 0.208 e. The fraction of sp³-hybridized carbons (Fsp3) is 0.0526. The van der Waals surface area contributed by atoms with E-state index >= 15 is 0 Å². The van der Waals surface area contributed by atoms with Crippen LogP contribution in [0.2, 0.25) is 0 Å². The molecule has 286 valence electrons. The third-order valence-electron chi connectivity index (χ3n) is 12.4. The summed E-state index contributed by atoms with van der Waals surface area (Å²) in [6.07, 6.45) is 0. The molecule has 1 aliphatic carbocycles. The second-order valence-corrected chi connectivity index (χ2v) is 16.3. The molecule has 0 fully saturated rings. The van der Waals surface area contributed by atoms with E-state index in [2.05, 4.69) is 147 Å². The molecule has 1 aromatic heterocycles. The second kappa shape index (κ2) is 14.4. The molecular weight excluding hydrogens is 741 g/mol. The zero-order valence-electron chi connectivity index (χ0n) is 33.8. The summed E-state index contributed by atoms with van der Waals surface area (Å²) in [4.78, 5) is 14.8. The molecule has 0 radical (unpaired) electrons. The zero-order valence-corrected chi connectivity index (χ0v) is 33.8. The lowest BCUT2D eigenvalue weighted by molar-refractivity contribution is 0.660. The molecule has 0 saturated heterocycles. The number of nitriles is 1. The lowest BCUT2D eigenvalue weighted by atomic mass is 9.80. The normalized spacial score (nSPS) is 12.5. The Hall–Kier alpha value is -8.00. The molecule has 0 saturated carbocycles. The van der Waals surface area contributed by atoms with Gasteiger partial charge in [-0.25, -0.2) is 15.0 Å². The molecule has 11 rings (SSSR count). The third-order valence-corrected chi connectivity index (χ3v) is 12.4. The maximum Gasteiger partial charge on any atom is 0.164 e. The van der Waals surface area contributed by atoms with Crippen molar-refractivity contribution in [2.45, 2.75) is 19.3 Å². The van der Waals surface area contributed by atoms with Crippen LogP contribution in [0.1, 0.15) is 30.5 Å².